The van der Waals surface area contributed by atoms with Crippen molar-refractivity contribution in [2.24, 2.45) is 0 Å². The maximum atomic E-state index is 5.79. The van der Waals surface area contributed by atoms with E-state index in [4.69, 9.17) is 14.2 Å². The lowest BCUT2D eigenvalue weighted by atomic mass is 9.98. The summed E-state index contributed by atoms with van der Waals surface area (Å²) in [6, 6.07) is 24.6. The van der Waals surface area contributed by atoms with Gasteiger partial charge in [-0.25, -0.2) is 0 Å². The van der Waals surface area contributed by atoms with Gasteiger partial charge in [-0.15, -0.1) is 5.73 Å². The standard InChI is InChI=1S/C27H30O3Si/c1-28-22-17-24(29-2)27(25(18-22)30-3)26(31(4,5)6)19-23(20-13-9-7-10-14-20)21-15-11-8-12-16-21/h7-18H,1-6H3. The third-order valence-electron chi connectivity index (χ3n) is 5.09. The van der Waals surface area contributed by atoms with E-state index in [0.29, 0.717) is 5.75 Å². The van der Waals surface area contributed by atoms with Gasteiger partial charge in [-0.05, 0) is 16.3 Å². The highest BCUT2D eigenvalue weighted by molar-refractivity contribution is 6.93. The van der Waals surface area contributed by atoms with Gasteiger partial charge in [0.25, 0.3) is 0 Å². The van der Waals surface area contributed by atoms with Crippen molar-refractivity contribution < 1.29 is 14.2 Å². The molecule has 0 unspecified atom stereocenters. The summed E-state index contributed by atoms with van der Waals surface area (Å²) in [4.78, 5) is 0. The van der Waals surface area contributed by atoms with Gasteiger partial charge < -0.3 is 14.2 Å². The first-order valence-corrected chi connectivity index (χ1v) is 13.8. The molecule has 0 bridgehead atoms. The summed E-state index contributed by atoms with van der Waals surface area (Å²) >= 11 is 0. The van der Waals surface area contributed by atoms with Crippen molar-refractivity contribution in [2.75, 3.05) is 21.3 Å². The van der Waals surface area contributed by atoms with Gasteiger partial charge >= 0.3 is 0 Å². The first-order chi connectivity index (χ1) is 14.9. The number of hydrogen-bond donors (Lipinski definition) is 0. The molecule has 3 aromatic rings. The zero-order valence-corrected chi connectivity index (χ0v) is 20.2. The highest BCUT2D eigenvalue weighted by atomic mass is 28.3. The second-order valence-corrected chi connectivity index (χ2v) is 13.3. The molecule has 0 aliphatic rings. The van der Waals surface area contributed by atoms with E-state index in [1.165, 1.54) is 0 Å². The molecule has 0 spiro atoms. The SMILES string of the molecule is COc1cc(OC)c(C(=C=C(c2ccccc2)c2ccccc2)[Si](C)(C)C)c(OC)c1. The van der Waals surface area contributed by atoms with E-state index in [9.17, 15) is 0 Å². The van der Waals surface area contributed by atoms with Crippen LogP contribution in [0.1, 0.15) is 16.7 Å². The average Bonchev–Trinajstić information content (AvgIpc) is 2.79. The van der Waals surface area contributed by atoms with E-state index in [2.05, 4.69) is 73.9 Å². The van der Waals surface area contributed by atoms with Crippen LogP contribution in [0.5, 0.6) is 17.2 Å². The number of hydrogen-bond acceptors (Lipinski definition) is 3. The van der Waals surface area contributed by atoms with Crippen LogP contribution in [0, 0.1) is 0 Å². The van der Waals surface area contributed by atoms with Gasteiger partial charge in [0.2, 0.25) is 0 Å². The molecule has 0 aliphatic carbocycles. The lowest BCUT2D eigenvalue weighted by Crippen LogP contribution is -2.23. The van der Waals surface area contributed by atoms with E-state index in [1.807, 2.05) is 24.3 Å². The summed E-state index contributed by atoms with van der Waals surface area (Å²) < 4.78 is 17.0. The molecule has 3 rings (SSSR count). The number of methoxy groups -OCH3 is 3. The van der Waals surface area contributed by atoms with Gasteiger partial charge in [-0.1, -0.05) is 80.3 Å². The summed E-state index contributed by atoms with van der Waals surface area (Å²) in [6.45, 7) is 6.93. The molecule has 0 amide bonds. The molecule has 4 heteroatoms. The quantitative estimate of drug-likeness (QED) is 0.308. The Morgan fingerprint density at radius 1 is 0.677 bits per heavy atom. The van der Waals surface area contributed by atoms with Crippen LogP contribution in [0.15, 0.2) is 78.5 Å². The van der Waals surface area contributed by atoms with Gasteiger partial charge in [0.1, 0.15) is 17.2 Å². The van der Waals surface area contributed by atoms with Gasteiger partial charge in [0.15, 0.2) is 0 Å². The lowest BCUT2D eigenvalue weighted by Gasteiger charge is -2.24. The van der Waals surface area contributed by atoms with E-state index < -0.39 is 8.07 Å². The topological polar surface area (TPSA) is 27.7 Å². The predicted octanol–water partition coefficient (Wildman–Crippen LogP) is 6.70. The third kappa shape index (κ3) is 5.11. The molecule has 0 atom stereocenters. The first-order valence-electron chi connectivity index (χ1n) is 10.3. The zero-order chi connectivity index (χ0) is 22.4. The second kappa shape index (κ2) is 9.74. The minimum atomic E-state index is -1.90. The van der Waals surface area contributed by atoms with Crippen molar-refractivity contribution in [2.45, 2.75) is 19.6 Å². The second-order valence-electron chi connectivity index (χ2n) is 8.26. The summed E-state index contributed by atoms with van der Waals surface area (Å²) in [6.07, 6.45) is 0. The molecule has 0 saturated carbocycles. The number of rotatable bonds is 7. The fraction of sp³-hybridized carbons (Fsp3) is 0.222. The molecule has 0 saturated heterocycles. The van der Waals surface area contributed by atoms with Crippen LogP contribution in [-0.2, 0) is 0 Å². The maximum Gasteiger partial charge on any atom is 0.134 e. The molecule has 0 N–H and O–H groups in total. The highest BCUT2D eigenvalue weighted by Gasteiger charge is 2.28. The van der Waals surface area contributed by atoms with E-state index in [1.54, 1.807) is 21.3 Å². The Balaban J connectivity index is 2.46. The Bertz CT molecular complexity index is 1020. The average molecular weight is 431 g/mol. The fourth-order valence-electron chi connectivity index (χ4n) is 3.52. The van der Waals surface area contributed by atoms with E-state index in [-0.39, 0.29) is 0 Å². The molecular weight excluding hydrogens is 400 g/mol. The minimum absolute atomic E-state index is 0.697. The van der Waals surface area contributed by atoms with E-state index >= 15 is 0 Å². The molecule has 0 aliphatic heterocycles. The van der Waals surface area contributed by atoms with Crippen LogP contribution >= 0.6 is 0 Å². The van der Waals surface area contributed by atoms with Crippen LogP contribution in [-0.4, -0.2) is 29.4 Å². The Kier molecular flexibility index (Phi) is 7.06. The molecular formula is C27H30O3Si. The summed E-state index contributed by atoms with van der Waals surface area (Å²) in [5, 5.41) is 1.13. The van der Waals surface area contributed by atoms with Gasteiger partial charge in [-0.3, -0.25) is 0 Å². The maximum absolute atomic E-state index is 5.79. The zero-order valence-electron chi connectivity index (χ0n) is 19.2. The fourth-order valence-corrected chi connectivity index (χ4v) is 5.02. The largest absolute Gasteiger partial charge is 0.496 e. The Morgan fingerprint density at radius 2 is 1.13 bits per heavy atom. The summed E-state index contributed by atoms with van der Waals surface area (Å²) in [5.74, 6) is 2.14. The van der Waals surface area contributed by atoms with Crippen molar-refractivity contribution in [3.05, 3.63) is 95.2 Å². The monoisotopic (exact) mass is 430 g/mol. The molecule has 0 radical (unpaired) electrons. The summed E-state index contributed by atoms with van der Waals surface area (Å²) in [7, 11) is 3.11. The van der Waals surface area contributed by atoms with Gasteiger partial charge in [0, 0.05) is 17.7 Å². The van der Waals surface area contributed by atoms with Crippen molar-refractivity contribution in [1.29, 1.82) is 0 Å². The Hall–Kier alpha value is -3.20. The summed E-state index contributed by atoms with van der Waals surface area (Å²) in [5.41, 5.74) is 8.06. The van der Waals surface area contributed by atoms with Gasteiger partial charge in [-0.2, -0.15) is 0 Å². The van der Waals surface area contributed by atoms with Crippen molar-refractivity contribution in [3.8, 4) is 17.2 Å². The Labute approximate surface area is 186 Å². The smallest absolute Gasteiger partial charge is 0.134 e. The number of benzene rings is 3. The minimum Gasteiger partial charge on any atom is -0.496 e. The molecule has 0 fully saturated rings. The highest BCUT2D eigenvalue weighted by Crippen LogP contribution is 2.42. The van der Waals surface area contributed by atoms with Crippen LogP contribution in [0.2, 0.25) is 19.6 Å². The first kappa shape index (κ1) is 22.5. The molecule has 31 heavy (non-hydrogen) atoms. The normalized spacial score (nSPS) is 10.8. The molecule has 0 heterocycles. The van der Waals surface area contributed by atoms with E-state index in [0.717, 1.165) is 39.0 Å². The van der Waals surface area contributed by atoms with Gasteiger partial charge in [0.05, 0.1) is 35.0 Å². The molecule has 0 aromatic heterocycles. The van der Waals surface area contributed by atoms with Crippen LogP contribution < -0.4 is 14.2 Å². The lowest BCUT2D eigenvalue weighted by molar-refractivity contribution is 0.374. The molecule has 3 nitrogen and oxygen atoms in total. The molecule has 3 aromatic carbocycles. The Morgan fingerprint density at radius 3 is 1.48 bits per heavy atom. The molecule has 160 valence electrons. The van der Waals surface area contributed by atoms with Crippen molar-refractivity contribution in [3.63, 3.8) is 0 Å². The van der Waals surface area contributed by atoms with Crippen molar-refractivity contribution in [1.82, 2.24) is 0 Å². The predicted molar refractivity (Wildman–Crippen MR) is 132 cm³/mol. The number of ether oxygens (including phenoxy) is 3. The van der Waals surface area contributed by atoms with Crippen LogP contribution in [0.25, 0.3) is 10.8 Å². The van der Waals surface area contributed by atoms with Crippen LogP contribution in [0.3, 0.4) is 0 Å². The van der Waals surface area contributed by atoms with Crippen molar-refractivity contribution >= 4 is 18.8 Å². The van der Waals surface area contributed by atoms with Crippen LogP contribution in [0.4, 0.5) is 0 Å². The third-order valence-corrected chi connectivity index (χ3v) is 6.96.